The Hall–Kier alpha value is -7.98. The molecule has 20 nitrogen and oxygen atoms in total. The number of carbonyl (C=O) groups is 8. The quantitative estimate of drug-likeness (QED) is 0.0592. The molecule has 0 radical (unpaired) electrons. The first-order valence-corrected chi connectivity index (χ1v) is 36.2. The van der Waals surface area contributed by atoms with Crippen molar-refractivity contribution in [1.82, 2.24) is 30.2 Å². The number of hydrogen-bond acceptors (Lipinski definition) is 10. The van der Waals surface area contributed by atoms with Gasteiger partial charge < -0.3 is 61.0 Å². The van der Waals surface area contributed by atoms with E-state index in [9.17, 15) is 47.1 Å². The summed E-state index contributed by atoms with van der Waals surface area (Å²) >= 11 is 0. The van der Waals surface area contributed by atoms with Crippen LogP contribution in [0.1, 0.15) is 220 Å². The molecule has 4 saturated heterocycles. The largest absolute Gasteiger partial charge is 0.484 e. The number of nitrogens with zero attached hydrogens (tertiary/aromatic N) is 4. The van der Waals surface area contributed by atoms with E-state index in [4.69, 9.17) is 9.47 Å². The summed E-state index contributed by atoms with van der Waals surface area (Å²) in [6, 6.07) is 17.1. The minimum absolute atomic E-state index is 0.0238. The predicted molar refractivity (Wildman–Crippen MR) is 363 cm³/mol. The van der Waals surface area contributed by atoms with Crippen LogP contribution in [0, 0.1) is 17.6 Å². The number of ether oxygens (including phenoxy) is 2. The number of nitrogens with one attached hydrogen (secondary N) is 4. The summed E-state index contributed by atoms with van der Waals surface area (Å²) in [6.45, 7) is 7.71. The summed E-state index contributed by atoms with van der Waals surface area (Å²) in [5.41, 5.74) is 3.67. The summed E-state index contributed by atoms with van der Waals surface area (Å²) in [5, 5.41) is 15.9. The van der Waals surface area contributed by atoms with Gasteiger partial charge in [-0.3, -0.25) is 38.4 Å². The Morgan fingerprint density at radius 1 is 0.464 bits per heavy atom. The SMILES string of the molecule is CC(=O)Nc1cc(F)cc(C(=O)N2CCN(C(=O)c3ccc(O[C@H]4CC[NH2+]C4)c(C4CCCCC4)c3)C(C(=O)NC3CCCCC3)C2)c1.CC(=O)Nc1cc(F)cc(C(=O)N2CCN(C(=O)c3ccc(O[C@H]4CC[NH2+]C4)c(C4CCCCC4)c3)C(C(=O)NCC3CCCCC3)C2)c1. The summed E-state index contributed by atoms with van der Waals surface area (Å²) in [5.74, 6) is -1.32. The molecule has 8 N–H and O–H groups in total. The number of anilines is 2. The second kappa shape index (κ2) is 33.5. The molecule has 8 fully saturated rings. The van der Waals surface area contributed by atoms with Crippen LogP contribution in [0.3, 0.4) is 0 Å². The minimum Gasteiger partial charge on any atom is -0.484 e. The van der Waals surface area contributed by atoms with Crippen molar-refractivity contribution in [2.75, 3.05) is 82.6 Å². The molecule has 4 saturated carbocycles. The average molecular weight is 1340 g/mol. The van der Waals surface area contributed by atoms with Gasteiger partial charge in [-0.25, -0.2) is 8.78 Å². The minimum atomic E-state index is -0.916. The van der Waals surface area contributed by atoms with E-state index in [0.29, 0.717) is 35.4 Å². The van der Waals surface area contributed by atoms with Crippen molar-refractivity contribution in [1.29, 1.82) is 0 Å². The van der Waals surface area contributed by atoms with Crippen molar-refractivity contribution >= 4 is 58.6 Å². The summed E-state index contributed by atoms with van der Waals surface area (Å²) in [6.07, 6.45) is 24.2. The van der Waals surface area contributed by atoms with Crippen molar-refractivity contribution in [2.45, 2.75) is 197 Å². The fourth-order valence-electron chi connectivity index (χ4n) is 15.9. The molecule has 522 valence electrons. The molecule has 4 aliphatic heterocycles. The van der Waals surface area contributed by atoms with Gasteiger partial charge in [0.05, 0.1) is 26.2 Å². The molecule has 4 aromatic rings. The molecule has 4 aliphatic carbocycles. The molecule has 4 atom stereocenters. The monoisotopic (exact) mass is 1340 g/mol. The summed E-state index contributed by atoms with van der Waals surface area (Å²) in [7, 11) is 0. The lowest BCUT2D eigenvalue weighted by molar-refractivity contribution is -0.638. The molecule has 2 unspecified atom stereocenters. The second-order valence-electron chi connectivity index (χ2n) is 28.3. The molecule has 0 aromatic heterocycles. The average Bonchev–Trinajstić information content (AvgIpc) is 1.60. The molecule has 0 spiro atoms. The normalized spacial score (nSPS) is 22.2. The third kappa shape index (κ3) is 18.6. The molecule has 8 amide bonds. The smallest absolute Gasteiger partial charge is 0.254 e. The van der Waals surface area contributed by atoms with Gasteiger partial charge >= 0.3 is 0 Å². The zero-order chi connectivity index (χ0) is 68.0. The van der Waals surface area contributed by atoms with Crippen molar-refractivity contribution < 1.29 is 67.2 Å². The van der Waals surface area contributed by atoms with Crippen molar-refractivity contribution in [2.24, 2.45) is 5.92 Å². The van der Waals surface area contributed by atoms with Gasteiger partial charge in [-0.15, -0.1) is 0 Å². The number of amides is 8. The number of piperazine rings is 2. The van der Waals surface area contributed by atoms with Crippen LogP contribution < -0.4 is 41.4 Å². The maximum atomic E-state index is 14.5. The standard InChI is InChI=1S/C38H50FN5O5.C37H48FN5O5/c1-25(45)42-31-19-29(18-30(39)21-31)37(47)43-16-17-44(34(24-43)36(46)41-22-26-8-4-2-5-9-26)38(48)28-12-13-35(49-32-14-15-40-23-32)33(20-28)27-10-6-3-7-11-27;1-24(44)40-30-19-27(18-28(38)21-30)36(46)42-16-17-43(33(23-42)35(45)41-29-10-6-3-7-11-29)37(47)26-12-13-34(48-31-14-15-39-22-31)32(20-26)25-8-4-2-5-9-25/h12-13,18-21,26-27,32,34,40H,2-11,14-17,22-24H2,1H3,(H,41,46)(H,42,45);12-13,18-21,25,29,31,33,39H,2-11,14-17,22-23H2,1H3,(H,40,44)(H,41,45)/p+2/t32-,34?;31-,33?/m00/s1. The number of benzene rings is 4. The van der Waals surface area contributed by atoms with Crippen LogP contribution >= 0.6 is 0 Å². The van der Waals surface area contributed by atoms with Crippen molar-refractivity contribution in [3.8, 4) is 11.5 Å². The van der Waals surface area contributed by atoms with Gasteiger partial charge in [0.25, 0.3) is 23.6 Å². The highest BCUT2D eigenvalue weighted by molar-refractivity contribution is 6.02. The number of quaternary nitrogens is 2. The zero-order valence-electron chi connectivity index (χ0n) is 56.7. The van der Waals surface area contributed by atoms with Gasteiger partial charge in [0.2, 0.25) is 23.6 Å². The Morgan fingerprint density at radius 3 is 1.31 bits per heavy atom. The summed E-state index contributed by atoms with van der Waals surface area (Å²) in [4.78, 5) is 113. The van der Waals surface area contributed by atoms with Gasteiger partial charge in [0.1, 0.15) is 48.3 Å². The lowest BCUT2D eigenvalue weighted by atomic mass is 9.83. The van der Waals surface area contributed by atoms with Crippen molar-refractivity contribution in [3.63, 3.8) is 0 Å². The van der Waals surface area contributed by atoms with E-state index < -0.39 is 35.5 Å². The first kappa shape index (κ1) is 70.3. The molecule has 0 bridgehead atoms. The number of nitrogens with two attached hydrogens (primary N) is 2. The van der Waals surface area contributed by atoms with Crippen LogP contribution in [0.2, 0.25) is 0 Å². The maximum Gasteiger partial charge on any atom is 0.254 e. The van der Waals surface area contributed by atoms with Crippen LogP contribution in [0.15, 0.2) is 72.8 Å². The van der Waals surface area contributed by atoms with E-state index in [1.54, 1.807) is 9.80 Å². The molecular formula is C75H100F2N10O10+2. The highest BCUT2D eigenvalue weighted by atomic mass is 19.1. The zero-order valence-corrected chi connectivity index (χ0v) is 56.7. The van der Waals surface area contributed by atoms with Gasteiger partial charge in [0, 0.05) is 99.1 Å². The highest BCUT2D eigenvalue weighted by Crippen LogP contribution is 2.41. The molecule has 97 heavy (non-hydrogen) atoms. The first-order chi connectivity index (χ1) is 47.0. The Balaban J connectivity index is 0.000000197. The maximum absolute atomic E-state index is 14.5. The topological polar surface area (TPSA) is 249 Å². The fourth-order valence-corrected chi connectivity index (χ4v) is 15.9. The second-order valence-corrected chi connectivity index (χ2v) is 28.3. The van der Waals surface area contributed by atoms with Crippen LogP contribution in [0.5, 0.6) is 11.5 Å². The lowest BCUT2D eigenvalue weighted by Gasteiger charge is -2.41. The van der Waals surface area contributed by atoms with Gasteiger partial charge in [-0.1, -0.05) is 77.0 Å². The number of carbonyl (C=O) groups excluding carboxylic acids is 8. The lowest BCUT2D eigenvalue weighted by Crippen LogP contribution is -2.81. The van der Waals surface area contributed by atoms with Gasteiger partial charge in [0.15, 0.2) is 12.2 Å². The molecule has 4 heterocycles. The van der Waals surface area contributed by atoms with Gasteiger partial charge in [-0.2, -0.15) is 0 Å². The Bertz CT molecular complexity index is 3460. The molecule has 22 heteroatoms. The molecule has 4 aromatic carbocycles. The fraction of sp³-hybridized carbons (Fsp3) is 0.573. The predicted octanol–water partition coefficient (Wildman–Crippen LogP) is 8.17. The first-order valence-electron chi connectivity index (χ1n) is 36.2. The molecule has 12 rings (SSSR count). The van der Waals surface area contributed by atoms with E-state index in [1.165, 1.54) is 55.0 Å². The van der Waals surface area contributed by atoms with E-state index in [2.05, 4.69) is 31.9 Å². The van der Waals surface area contributed by atoms with E-state index in [1.807, 2.05) is 36.4 Å². The third-order valence-electron chi connectivity index (χ3n) is 21.1. The van der Waals surface area contributed by atoms with E-state index >= 15 is 0 Å². The Morgan fingerprint density at radius 2 is 0.887 bits per heavy atom. The summed E-state index contributed by atoms with van der Waals surface area (Å²) < 4.78 is 42.0. The Labute approximate surface area is 568 Å². The Kier molecular flexibility index (Phi) is 24.3. The molecule has 8 aliphatic rings. The third-order valence-corrected chi connectivity index (χ3v) is 21.1. The van der Waals surface area contributed by atoms with Crippen molar-refractivity contribution in [3.05, 3.63) is 118 Å². The van der Waals surface area contributed by atoms with Gasteiger partial charge in [-0.05, 0) is 153 Å². The van der Waals surface area contributed by atoms with Crippen LogP contribution in [0.25, 0.3) is 0 Å². The highest BCUT2D eigenvalue weighted by Gasteiger charge is 2.41. The van der Waals surface area contributed by atoms with Crippen LogP contribution in [0.4, 0.5) is 20.2 Å². The van der Waals surface area contributed by atoms with E-state index in [-0.39, 0.29) is 115 Å². The van der Waals surface area contributed by atoms with E-state index in [0.717, 1.165) is 195 Å². The number of rotatable bonds is 17. The van der Waals surface area contributed by atoms with Crippen LogP contribution in [-0.2, 0) is 19.2 Å². The number of hydrogen-bond donors (Lipinski definition) is 6. The molecular weight excluding hydrogens is 1240 g/mol. The van der Waals surface area contributed by atoms with Crippen LogP contribution in [-0.4, -0.2) is 169 Å². The number of halogens is 2.